The Labute approximate surface area is 125 Å². The van der Waals surface area contributed by atoms with Crippen LogP contribution >= 0.6 is 11.6 Å². The quantitative estimate of drug-likeness (QED) is 0.817. The smallest absolute Gasteiger partial charge is 0.331 e. The van der Waals surface area contributed by atoms with E-state index in [1.165, 1.54) is 7.11 Å². The summed E-state index contributed by atoms with van der Waals surface area (Å²) in [4.78, 5) is 12.1. The van der Waals surface area contributed by atoms with Crippen LogP contribution in [0.15, 0.2) is 24.3 Å². The van der Waals surface area contributed by atoms with Crippen molar-refractivity contribution in [3.05, 3.63) is 29.3 Å². The standard InChI is InChI=1S/C15H22ClNO3/c1-14(2,20-5)10-15(3,13(18)19-4)17-12-8-6-7-11(16)9-12/h6-9,17H,10H2,1-5H3. The Bertz CT molecular complexity index is 476. The Morgan fingerprint density at radius 2 is 1.95 bits per heavy atom. The van der Waals surface area contributed by atoms with Crippen molar-refractivity contribution in [3.63, 3.8) is 0 Å². The lowest BCUT2D eigenvalue weighted by molar-refractivity contribution is -0.148. The molecule has 0 saturated carbocycles. The van der Waals surface area contributed by atoms with Crippen molar-refractivity contribution in [2.45, 2.75) is 38.3 Å². The van der Waals surface area contributed by atoms with E-state index in [1.807, 2.05) is 26.0 Å². The van der Waals surface area contributed by atoms with Gasteiger partial charge in [-0.2, -0.15) is 0 Å². The summed E-state index contributed by atoms with van der Waals surface area (Å²) in [6.07, 6.45) is 0.454. The van der Waals surface area contributed by atoms with Crippen LogP contribution in [0.5, 0.6) is 0 Å². The lowest BCUT2D eigenvalue weighted by Gasteiger charge is -2.36. The fourth-order valence-corrected chi connectivity index (χ4v) is 2.39. The van der Waals surface area contributed by atoms with Gasteiger partial charge in [0.2, 0.25) is 0 Å². The van der Waals surface area contributed by atoms with Crippen molar-refractivity contribution in [1.82, 2.24) is 0 Å². The molecule has 0 radical (unpaired) electrons. The summed E-state index contributed by atoms with van der Waals surface area (Å²) in [5.41, 5.74) is -0.606. The van der Waals surface area contributed by atoms with Crippen molar-refractivity contribution in [2.24, 2.45) is 0 Å². The molecule has 112 valence electrons. The number of ether oxygens (including phenoxy) is 2. The maximum atomic E-state index is 12.1. The molecule has 0 saturated heterocycles. The molecule has 0 aromatic heterocycles. The van der Waals surface area contributed by atoms with Crippen LogP contribution in [0.3, 0.4) is 0 Å². The molecule has 5 heteroatoms. The third-order valence-electron chi connectivity index (χ3n) is 3.21. The summed E-state index contributed by atoms with van der Waals surface area (Å²) in [7, 11) is 3.00. The predicted octanol–water partition coefficient (Wildman–Crippen LogP) is 3.50. The van der Waals surface area contributed by atoms with Gasteiger partial charge in [0.05, 0.1) is 12.7 Å². The molecule has 1 aromatic rings. The number of anilines is 1. The second-order valence-corrected chi connectivity index (χ2v) is 6.04. The van der Waals surface area contributed by atoms with Gasteiger partial charge >= 0.3 is 5.97 Å². The lowest BCUT2D eigenvalue weighted by Crippen LogP contribution is -2.49. The van der Waals surface area contributed by atoms with Crippen molar-refractivity contribution in [3.8, 4) is 0 Å². The van der Waals surface area contributed by atoms with Crippen LogP contribution in [-0.4, -0.2) is 31.3 Å². The molecule has 0 heterocycles. The van der Waals surface area contributed by atoms with Gasteiger partial charge in [-0.25, -0.2) is 4.79 Å². The molecule has 0 amide bonds. The molecule has 0 fully saturated rings. The average Bonchev–Trinajstić information content (AvgIpc) is 2.37. The van der Waals surface area contributed by atoms with Gasteiger partial charge in [-0.15, -0.1) is 0 Å². The topological polar surface area (TPSA) is 47.6 Å². The van der Waals surface area contributed by atoms with Crippen LogP contribution < -0.4 is 5.32 Å². The second kappa shape index (κ2) is 6.46. The molecular weight excluding hydrogens is 278 g/mol. The van der Waals surface area contributed by atoms with Gasteiger partial charge in [0.1, 0.15) is 5.54 Å². The van der Waals surface area contributed by atoms with E-state index in [1.54, 1.807) is 26.2 Å². The van der Waals surface area contributed by atoms with Gasteiger partial charge in [0.25, 0.3) is 0 Å². The van der Waals surface area contributed by atoms with Crippen molar-refractivity contribution in [2.75, 3.05) is 19.5 Å². The number of hydrogen-bond donors (Lipinski definition) is 1. The zero-order valence-corrected chi connectivity index (χ0v) is 13.4. The first-order valence-corrected chi connectivity index (χ1v) is 6.77. The molecule has 1 unspecified atom stereocenters. The molecule has 0 spiro atoms. The van der Waals surface area contributed by atoms with Crippen LogP contribution in [0.25, 0.3) is 0 Å². The van der Waals surface area contributed by atoms with E-state index < -0.39 is 11.1 Å². The van der Waals surface area contributed by atoms with E-state index in [4.69, 9.17) is 21.1 Å². The van der Waals surface area contributed by atoms with E-state index in [2.05, 4.69) is 5.32 Å². The van der Waals surface area contributed by atoms with E-state index >= 15 is 0 Å². The summed E-state index contributed by atoms with van der Waals surface area (Å²) in [5, 5.41) is 3.80. The second-order valence-electron chi connectivity index (χ2n) is 5.60. The van der Waals surface area contributed by atoms with Gasteiger partial charge in [-0.1, -0.05) is 17.7 Å². The Morgan fingerprint density at radius 3 is 2.45 bits per heavy atom. The SMILES string of the molecule is COC(=O)C(C)(CC(C)(C)OC)Nc1cccc(Cl)c1. The van der Waals surface area contributed by atoms with E-state index in [0.717, 1.165) is 5.69 Å². The van der Waals surface area contributed by atoms with Crippen molar-refractivity contribution in [1.29, 1.82) is 0 Å². The summed E-state index contributed by atoms with van der Waals surface area (Å²) in [6.45, 7) is 5.64. The molecule has 1 N–H and O–H groups in total. The Kier molecular flexibility index (Phi) is 5.42. The minimum atomic E-state index is -0.904. The zero-order valence-electron chi connectivity index (χ0n) is 12.6. The van der Waals surface area contributed by atoms with Gasteiger partial charge in [0.15, 0.2) is 0 Å². The van der Waals surface area contributed by atoms with Crippen LogP contribution in [0.4, 0.5) is 5.69 Å². The first-order valence-electron chi connectivity index (χ1n) is 6.40. The van der Waals surface area contributed by atoms with E-state index in [0.29, 0.717) is 11.4 Å². The number of carbonyl (C=O) groups is 1. The molecular formula is C15H22ClNO3. The number of benzene rings is 1. The summed E-state index contributed by atoms with van der Waals surface area (Å²) in [5.74, 6) is -0.345. The van der Waals surface area contributed by atoms with Gasteiger partial charge < -0.3 is 14.8 Å². The summed E-state index contributed by atoms with van der Waals surface area (Å²) in [6, 6.07) is 7.22. The summed E-state index contributed by atoms with van der Waals surface area (Å²) < 4.78 is 10.3. The Morgan fingerprint density at radius 1 is 1.30 bits per heavy atom. The third kappa shape index (κ3) is 4.39. The van der Waals surface area contributed by atoms with Crippen molar-refractivity contribution >= 4 is 23.3 Å². The van der Waals surface area contributed by atoms with E-state index in [9.17, 15) is 4.79 Å². The number of rotatable bonds is 6. The molecule has 4 nitrogen and oxygen atoms in total. The fraction of sp³-hybridized carbons (Fsp3) is 0.533. The van der Waals surface area contributed by atoms with Gasteiger partial charge in [-0.05, 0) is 39.0 Å². The largest absolute Gasteiger partial charge is 0.467 e. The first-order chi connectivity index (χ1) is 9.22. The molecule has 0 aliphatic carbocycles. The van der Waals surface area contributed by atoms with Crippen LogP contribution in [0, 0.1) is 0 Å². The molecule has 0 aliphatic rings. The molecule has 0 bridgehead atoms. The fourth-order valence-electron chi connectivity index (χ4n) is 2.20. The summed E-state index contributed by atoms with van der Waals surface area (Å²) >= 11 is 5.97. The van der Waals surface area contributed by atoms with Gasteiger partial charge in [-0.3, -0.25) is 0 Å². The Hall–Kier alpha value is -1.26. The molecule has 20 heavy (non-hydrogen) atoms. The highest BCUT2D eigenvalue weighted by Crippen LogP contribution is 2.28. The first kappa shape index (κ1) is 16.8. The molecule has 0 aliphatic heterocycles. The van der Waals surface area contributed by atoms with Crippen LogP contribution in [0.2, 0.25) is 5.02 Å². The number of halogens is 1. The monoisotopic (exact) mass is 299 g/mol. The normalized spacial score (nSPS) is 14.5. The van der Waals surface area contributed by atoms with Crippen molar-refractivity contribution < 1.29 is 14.3 Å². The highest BCUT2D eigenvalue weighted by atomic mass is 35.5. The minimum Gasteiger partial charge on any atom is -0.467 e. The number of methoxy groups -OCH3 is 2. The Balaban J connectivity index is 3.03. The number of carbonyl (C=O) groups excluding carboxylic acids is 1. The zero-order chi connectivity index (χ0) is 15.4. The average molecular weight is 300 g/mol. The highest BCUT2D eigenvalue weighted by molar-refractivity contribution is 6.30. The highest BCUT2D eigenvalue weighted by Gasteiger charge is 2.40. The van der Waals surface area contributed by atoms with E-state index in [-0.39, 0.29) is 5.97 Å². The number of hydrogen-bond acceptors (Lipinski definition) is 4. The number of nitrogens with one attached hydrogen (secondary N) is 1. The maximum Gasteiger partial charge on any atom is 0.331 e. The molecule has 1 aromatic carbocycles. The lowest BCUT2D eigenvalue weighted by atomic mass is 9.87. The van der Waals surface area contributed by atoms with Crippen LogP contribution in [0.1, 0.15) is 27.2 Å². The van der Waals surface area contributed by atoms with Gasteiger partial charge in [0, 0.05) is 24.2 Å². The maximum absolute atomic E-state index is 12.1. The minimum absolute atomic E-state index is 0.345. The number of esters is 1. The van der Waals surface area contributed by atoms with Crippen LogP contribution in [-0.2, 0) is 14.3 Å². The molecule has 1 atom stereocenters. The molecule has 1 rings (SSSR count). The third-order valence-corrected chi connectivity index (χ3v) is 3.45. The predicted molar refractivity (Wildman–Crippen MR) is 81.2 cm³/mol.